The lowest BCUT2D eigenvalue weighted by Crippen LogP contribution is -2.10. The van der Waals surface area contributed by atoms with Gasteiger partial charge < -0.3 is 30.0 Å². The van der Waals surface area contributed by atoms with E-state index in [-0.39, 0.29) is 24.3 Å². The van der Waals surface area contributed by atoms with Gasteiger partial charge in [-0.05, 0) is 42.8 Å². The molecule has 172 valence electrons. The van der Waals surface area contributed by atoms with Gasteiger partial charge in [-0.2, -0.15) is 15.0 Å². The Hall–Kier alpha value is -4.34. The van der Waals surface area contributed by atoms with Crippen LogP contribution in [-0.2, 0) is 16.1 Å². The summed E-state index contributed by atoms with van der Waals surface area (Å²) in [4.78, 5) is 24.5. The molecule has 0 bridgehead atoms. The summed E-state index contributed by atoms with van der Waals surface area (Å²) >= 11 is 0. The average molecular weight is 451 g/mol. The average Bonchev–Trinajstić information content (AvgIpc) is 2.82. The van der Waals surface area contributed by atoms with Crippen LogP contribution in [-0.4, -0.2) is 41.7 Å². The molecular weight excluding hydrogens is 426 g/mol. The van der Waals surface area contributed by atoms with Crippen molar-refractivity contribution in [1.29, 1.82) is 0 Å². The number of nitrogens with two attached hydrogens (primary N) is 1. The summed E-state index contributed by atoms with van der Waals surface area (Å²) in [5, 5.41) is 3.02. The lowest BCUT2D eigenvalue weighted by molar-refractivity contribution is -0.139. The van der Waals surface area contributed by atoms with Crippen molar-refractivity contribution in [2.24, 2.45) is 0 Å². The van der Waals surface area contributed by atoms with Crippen LogP contribution in [0, 0.1) is 0 Å². The first kappa shape index (κ1) is 23.3. The van der Waals surface area contributed by atoms with Gasteiger partial charge in [-0.15, -0.1) is 0 Å². The summed E-state index contributed by atoms with van der Waals surface area (Å²) in [5.41, 5.74) is 7.18. The number of carbonyl (C=O) groups excluding carboxylic acids is 1. The second-order valence-corrected chi connectivity index (χ2v) is 6.54. The van der Waals surface area contributed by atoms with Gasteiger partial charge in [0.15, 0.2) is 23.9 Å². The smallest absolute Gasteiger partial charge is 0.331 e. The van der Waals surface area contributed by atoms with Gasteiger partial charge in [-0.3, -0.25) is 0 Å². The molecule has 10 heteroatoms. The predicted molar refractivity (Wildman–Crippen MR) is 124 cm³/mol. The zero-order chi connectivity index (χ0) is 23.6. The molecule has 2 aromatic carbocycles. The third kappa shape index (κ3) is 6.57. The lowest BCUT2D eigenvalue weighted by Gasteiger charge is -2.10. The van der Waals surface area contributed by atoms with Gasteiger partial charge >= 0.3 is 5.97 Å². The van der Waals surface area contributed by atoms with Crippen LogP contribution in [0.4, 0.5) is 17.6 Å². The highest BCUT2D eigenvalue weighted by atomic mass is 16.5. The third-order valence-electron chi connectivity index (χ3n) is 4.30. The summed E-state index contributed by atoms with van der Waals surface area (Å²) in [6, 6.07) is 12.6. The highest BCUT2D eigenvalue weighted by molar-refractivity contribution is 5.87. The number of ether oxygens (including phenoxy) is 4. The van der Waals surface area contributed by atoms with Gasteiger partial charge in [0.25, 0.3) is 0 Å². The molecule has 0 spiro atoms. The fourth-order valence-corrected chi connectivity index (χ4v) is 2.84. The normalized spacial score (nSPS) is 10.6. The molecule has 33 heavy (non-hydrogen) atoms. The number of rotatable bonds is 10. The van der Waals surface area contributed by atoms with E-state index in [9.17, 15) is 4.79 Å². The first-order valence-electron chi connectivity index (χ1n) is 10.1. The Kier molecular flexibility index (Phi) is 8.01. The van der Waals surface area contributed by atoms with Crippen molar-refractivity contribution in [2.75, 3.05) is 31.9 Å². The van der Waals surface area contributed by atoms with Crippen molar-refractivity contribution in [3.8, 4) is 17.2 Å². The molecule has 1 heterocycles. The van der Waals surface area contributed by atoms with Crippen molar-refractivity contribution >= 4 is 29.6 Å². The van der Waals surface area contributed by atoms with Crippen molar-refractivity contribution in [2.45, 2.75) is 13.5 Å². The van der Waals surface area contributed by atoms with Crippen molar-refractivity contribution in [3.63, 3.8) is 0 Å². The van der Waals surface area contributed by atoms with E-state index < -0.39 is 5.97 Å². The molecule has 10 nitrogen and oxygen atoms in total. The molecule has 1 aromatic heterocycles. The van der Waals surface area contributed by atoms with Crippen LogP contribution in [0.25, 0.3) is 6.08 Å². The molecule has 0 unspecified atom stereocenters. The maximum absolute atomic E-state index is 12.2. The number of carbonyl (C=O) groups is 1. The molecule has 0 fully saturated rings. The zero-order valence-corrected chi connectivity index (χ0v) is 18.6. The first-order valence-corrected chi connectivity index (χ1v) is 10.1. The molecule has 0 saturated carbocycles. The second-order valence-electron chi connectivity index (χ2n) is 6.54. The van der Waals surface area contributed by atoms with Gasteiger partial charge in [-0.1, -0.05) is 18.2 Å². The molecule has 0 atom stereocenters. The number of anilines is 3. The summed E-state index contributed by atoms with van der Waals surface area (Å²) in [5.74, 6) is 1.64. The topological polar surface area (TPSA) is 131 Å². The molecular formula is C23H25N5O5. The number of nitrogens with one attached hydrogen (secondary N) is 1. The van der Waals surface area contributed by atoms with Crippen LogP contribution < -0.4 is 25.3 Å². The van der Waals surface area contributed by atoms with Gasteiger partial charge in [0.1, 0.15) is 5.75 Å². The van der Waals surface area contributed by atoms with Gasteiger partial charge in [0.05, 0.1) is 26.5 Å². The Morgan fingerprint density at radius 3 is 2.58 bits per heavy atom. The van der Waals surface area contributed by atoms with Crippen molar-refractivity contribution in [1.82, 2.24) is 15.0 Å². The number of para-hydroxylation sites is 2. The van der Waals surface area contributed by atoms with E-state index >= 15 is 0 Å². The number of nitrogens with zero attached hydrogens (tertiary/aromatic N) is 3. The fraction of sp³-hybridized carbons (Fsp3) is 0.217. The Balaban J connectivity index is 1.63. The fourth-order valence-electron chi connectivity index (χ4n) is 2.84. The second kappa shape index (κ2) is 11.3. The summed E-state index contributed by atoms with van der Waals surface area (Å²) in [6.45, 7) is 2.24. The minimum absolute atomic E-state index is 0.00882. The van der Waals surface area contributed by atoms with E-state index in [2.05, 4.69) is 20.3 Å². The minimum Gasteiger partial charge on any atom is -0.495 e. The van der Waals surface area contributed by atoms with Crippen LogP contribution in [0.3, 0.4) is 0 Å². The molecule has 0 aliphatic heterocycles. The van der Waals surface area contributed by atoms with Gasteiger partial charge in [0.2, 0.25) is 11.9 Å². The summed E-state index contributed by atoms with van der Waals surface area (Å²) in [7, 11) is 3.11. The van der Waals surface area contributed by atoms with Crippen LogP contribution >= 0.6 is 0 Å². The largest absolute Gasteiger partial charge is 0.495 e. The highest BCUT2D eigenvalue weighted by Gasteiger charge is 2.10. The Morgan fingerprint density at radius 2 is 1.82 bits per heavy atom. The van der Waals surface area contributed by atoms with E-state index in [0.29, 0.717) is 29.5 Å². The van der Waals surface area contributed by atoms with E-state index in [1.165, 1.54) is 6.08 Å². The summed E-state index contributed by atoms with van der Waals surface area (Å²) < 4.78 is 21.3. The van der Waals surface area contributed by atoms with E-state index in [1.807, 2.05) is 19.1 Å². The summed E-state index contributed by atoms with van der Waals surface area (Å²) in [6.07, 6.45) is 2.91. The van der Waals surface area contributed by atoms with Crippen molar-refractivity contribution < 1.29 is 23.7 Å². The molecule has 3 rings (SSSR count). The van der Waals surface area contributed by atoms with Crippen LogP contribution in [0.1, 0.15) is 18.3 Å². The highest BCUT2D eigenvalue weighted by Crippen LogP contribution is 2.28. The lowest BCUT2D eigenvalue weighted by atomic mass is 10.2. The quantitative estimate of drug-likeness (QED) is 0.349. The van der Waals surface area contributed by atoms with Gasteiger partial charge in [-0.25, -0.2) is 4.79 Å². The standard InChI is InChI=1S/C23H25N5O5/c1-4-32-18-11-9-15(13-19(18)31-3)10-12-21(29)33-14-20-26-22(24)28-23(27-20)25-16-7-5-6-8-17(16)30-2/h5-13H,4,14H2,1-3H3,(H3,24,25,26,27,28)/b12-10+. The molecule has 3 N–H and O–H groups in total. The van der Waals surface area contributed by atoms with Crippen LogP contribution in [0.15, 0.2) is 48.5 Å². The maximum Gasteiger partial charge on any atom is 0.331 e. The Labute approximate surface area is 191 Å². The molecule has 0 saturated heterocycles. The number of aromatic nitrogens is 3. The molecule has 0 aliphatic rings. The molecule has 0 aliphatic carbocycles. The van der Waals surface area contributed by atoms with E-state index in [4.69, 9.17) is 24.7 Å². The molecule has 0 radical (unpaired) electrons. The molecule has 0 amide bonds. The Bertz CT molecular complexity index is 1140. The SMILES string of the molecule is CCOc1ccc(/C=C/C(=O)OCc2nc(N)nc(Nc3ccccc3OC)n2)cc1OC. The minimum atomic E-state index is -0.568. The monoisotopic (exact) mass is 451 g/mol. The van der Waals surface area contributed by atoms with Gasteiger partial charge in [0, 0.05) is 6.08 Å². The Morgan fingerprint density at radius 1 is 1.03 bits per heavy atom. The first-order chi connectivity index (χ1) is 16.0. The molecule has 3 aromatic rings. The number of esters is 1. The third-order valence-corrected chi connectivity index (χ3v) is 4.30. The predicted octanol–water partition coefficient (Wildman–Crippen LogP) is 3.37. The maximum atomic E-state index is 12.2. The number of methoxy groups -OCH3 is 2. The number of hydrogen-bond acceptors (Lipinski definition) is 10. The van der Waals surface area contributed by atoms with Crippen molar-refractivity contribution in [3.05, 3.63) is 59.9 Å². The van der Waals surface area contributed by atoms with E-state index in [0.717, 1.165) is 5.56 Å². The van der Waals surface area contributed by atoms with Crippen LogP contribution in [0.2, 0.25) is 0 Å². The zero-order valence-electron chi connectivity index (χ0n) is 18.6. The van der Waals surface area contributed by atoms with E-state index in [1.54, 1.807) is 50.6 Å². The number of hydrogen-bond donors (Lipinski definition) is 2. The number of nitrogen functional groups attached to an aromatic ring is 1. The number of benzene rings is 2. The van der Waals surface area contributed by atoms with Crippen LogP contribution in [0.5, 0.6) is 17.2 Å².